The van der Waals surface area contributed by atoms with Crippen molar-refractivity contribution < 1.29 is 4.42 Å². The van der Waals surface area contributed by atoms with E-state index < -0.39 is 5.76 Å². The minimum absolute atomic E-state index is 0.380. The molecule has 1 N–H and O–H groups in total. The fraction of sp³-hybridized carbons (Fsp3) is 0.273. The van der Waals surface area contributed by atoms with Gasteiger partial charge in [-0.15, -0.1) is 0 Å². The van der Waals surface area contributed by atoms with Gasteiger partial charge >= 0.3 is 5.76 Å². The van der Waals surface area contributed by atoms with Gasteiger partial charge in [0.15, 0.2) is 5.58 Å². The summed E-state index contributed by atoms with van der Waals surface area (Å²) in [6, 6.07) is 7.01. The number of aromatic nitrogens is 1. The van der Waals surface area contributed by atoms with E-state index in [1.54, 1.807) is 32.3 Å². The summed E-state index contributed by atoms with van der Waals surface area (Å²) in [6.45, 7) is 0. The van der Waals surface area contributed by atoms with Crippen LogP contribution in [0.4, 0.5) is 0 Å². The van der Waals surface area contributed by atoms with Crippen molar-refractivity contribution in [2.24, 2.45) is 7.05 Å². The van der Waals surface area contributed by atoms with Crippen molar-refractivity contribution in [2.75, 3.05) is 7.05 Å². The average Bonchev–Trinajstić information content (AvgIpc) is 2.57. The first kappa shape index (κ1) is 10.5. The van der Waals surface area contributed by atoms with Crippen LogP contribution in [0.3, 0.4) is 0 Å². The summed E-state index contributed by atoms with van der Waals surface area (Å²) >= 11 is 0. The Hall–Kier alpha value is -2.06. The summed E-state index contributed by atoms with van der Waals surface area (Å²) in [7, 11) is 3.35. The highest BCUT2D eigenvalue weighted by Crippen LogP contribution is 2.18. The SMILES string of the molecule is CNC(C#N)c1ccc2oc(=O)n(C)c2c1. The van der Waals surface area contributed by atoms with Crippen molar-refractivity contribution in [3.05, 3.63) is 34.3 Å². The Morgan fingerprint density at radius 2 is 2.31 bits per heavy atom. The van der Waals surface area contributed by atoms with Gasteiger partial charge in [0.2, 0.25) is 0 Å². The lowest BCUT2D eigenvalue weighted by Crippen LogP contribution is -2.14. The van der Waals surface area contributed by atoms with Gasteiger partial charge in [0.1, 0.15) is 6.04 Å². The molecule has 1 aromatic carbocycles. The highest BCUT2D eigenvalue weighted by molar-refractivity contribution is 5.74. The average molecular weight is 217 g/mol. The van der Waals surface area contributed by atoms with E-state index in [1.165, 1.54) is 4.57 Å². The van der Waals surface area contributed by atoms with Crippen molar-refractivity contribution in [2.45, 2.75) is 6.04 Å². The second-order valence-corrected chi connectivity index (χ2v) is 3.50. The molecule has 0 amide bonds. The van der Waals surface area contributed by atoms with E-state index >= 15 is 0 Å². The zero-order chi connectivity index (χ0) is 11.7. The molecule has 2 aromatic rings. The standard InChI is InChI=1S/C11H11N3O2/c1-13-8(6-12)7-3-4-10-9(5-7)14(2)11(15)16-10/h3-5,8,13H,1-2H3. The first-order valence-electron chi connectivity index (χ1n) is 4.83. The molecular formula is C11H11N3O2. The highest BCUT2D eigenvalue weighted by Gasteiger charge is 2.11. The molecule has 5 nitrogen and oxygen atoms in total. The van der Waals surface area contributed by atoms with Gasteiger partial charge in [-0.25, -0.2) is 4.79 Å². The quantitative estimate of drug-likeness (QED) is 0.811. The fourth-order valence-corrected chi connectivity index (χ4v) is 1.63. The molecule has 0 aliphatic carbocycles. The third-order valence-corrected chi connectivity index (χ3v) is 2.57. The molecule has 1 aromatic heterocycles. The van der Waals surface area contributed by atoms with E-state index in [0.717, 1.165) is 5.56 Å². The minimum atomic E-state index is -0.398. The predicted molar refractivity (Wildman–Crippen MR) is 58.9 cm³/mol. The lowest BCUT2D eigenvalue weighted by Gasteiger charge is -2.07. The Morgan fingerprint density at radius 3 is 2.94 bits per heavy atom. The van der Waals surface area contributed by atoms with Crippen LogP contribution in [0, 0.1) is 11.3 Å². The molecule has 0 spiro atoms. The summed E-state index contributed by atoms with van der Waals surface area (Å²) in [4.78, 5) is 11.3. The molecule has 0 saturated carbocycles. The number of oxazole rings is 1. The molecule has 5 heteroatoms. The van der Waals surface area contributed by atoms with Crippen LogP contribution >= 0.6 is 0 Å². The van der Waals surface area contributed by atoms with Gasteiger partial charge in [0, 0.05) is 7.05 Å². The lowest BCUT2D eigenvalue weighted by molar-refractivity contribution is 0.528. The van der Waals surface area contributed by atoms with Crippen molar-refractivity contribution >= 4 is 11.1 Å². The van der Waals surface area contributed by atoms with Gasteiger partial charge in [0.25, 0.3) is 0 Å². The number of rotatable bonds is 2. The largest absolute Gasteiger partial charge is 0.419 e. The number of benzene rings is 1. The van der Waals surface area contributed by atoms with Crippen molar-refractivity contribution in [1.29, 1.82) is 5.26 Å². The Bertz CT molecular complexity index is 618. The predicted octanol–water partition coefficient (Wildman–Crippen LogP) is 0.916. The molecule has 2 rings (SSSR count). The molecule has 0 aliphatic rings. The molecule has 0 aliphatic heterocycles. The number of nitrogens with one attached hydrogen (secondary N) is 1. The van der Waals surface area contributed by atoms with Crippen LogP contribution in [0.1, 0.15) is 11.6 Å². The first-order chi connectivity index (χ1) is 7.67. The molecular weight excluding hydrogens is 206 g/mol. The Balaban J connectivity index is 2.64. The number of hydrogen-bond acceptors (Lipinski definition) is 4. The molecule has 0 fully saturated rings. The third-order valence-electron chi connectivity index (χ3n) is 2.57. The Kier molecular flexibility index (Phi) is 2.50. The molecule has 0 radical (unpaired) electrons. The van der Waals surface area contributed by atoms with E-state index in [2.05, 4.69) is 11.4 Å². The zero-order valence-corrected chi connectivity index (χ0v) is 9.02. The Labute approximate surface area is 91.9 Å². The van der Waals surface area contributed by atoms with E-state index in [0.29, 0.717) is 11.1 Å². The van der Waals surface area contributed by atoms with E-state index in [1.807, 2.05) is 0 Å². The maximum atomic E-state index is 11.3. The Morgan fingerprint density at radius 1 is 1.56 bits per heavy atom. The van der Waals surface area contributed by atoms with Crippen LogP contribution < -0.4 is 11.1 Å². The smallest absolute Gasteiger partial charge is 0.408 e. The zero-order valence-electron chi connectivity index (χ0n) is 9.02. The third kappa shape index (κ3) is 1.49. The lowest BCUT2D eigenvalue weighted by atomic mass is 10.1. The van der Waals surface area contributed by atoms with Crippen LogP contribution in [-0.4, -0.2) is 11.6 Å². The first-order valence-corrected chi connectivity index (χ1v) is 4.83. The number of nitrogens with zero attached hydrogens (tertiary/aromatic N) is 2. The molecule has 0 bridgehead atoms. The van der Waals surface area contributed by atoms with Crippen LogP contribution in [-0.2, 0) is 7.05 Å². The number of nitriles is 1. The van der Waals surface area contributed by atoms with Gasteiger partial charge in [0.05, 0.1) is 11.6 Å². The maximum absolute atomic E-state index is 11.3. The van der Waals surface area contributed by atoms with Gasteiger partial charge in [-0.3, -0.25) is 4.57 Å². The monoisotopic (exact) mass is 217 g/mol. The summed E-state index contributed by atoms with van der Waals surface area (Å²) in [5.74, 6) is -0.398. The van der Waals surface area contributed by atoms with Gasteiger partial charge in [-0.2, -0.15) is 5.26 Å². The molecule has 16 heavy (non-hydrogen) atoms. The summed E-state index contributed by atoms with van der Waals surface area (Å²) in [6.07, 6.45) is 0. The number of fused-ring (bicyclic) bond motifs is 1. The van der Waals surface area contributed by atoms with Crippen molar-refractivity contribution in [3.8, 4) is 6.07 Å². The molecule has 0 saturated heterocycles. The fourth-order valence-electron chi connectivity index (χ4n) is 1.63. The van der Waals surface area contributed by atoms with Crippen LogP contribution in [0.25, 0.3) is 11.1 Å². The normalized spacial score (nSPS) is 12.6. The number of hydrogen-bond donors (Lipinski definition) is 1. The van der Waals surface area contributed by atoms with Crippen molar-refractivity contribution in [1.82, 2.24) is 9.88 Å². The second kappa shape index (κ2) is 3.83. The minimum Gasteiger partial charge on any atom is -0.408 e. The number of aryl methyl sites for hydroxylation is 1. The van der Waals surface area contributed by atoms with E-state index in [4.69, 9.17) is 9.68 Å². The van der Waals surface area contributed by atoms with Crippen molar-refractivity contribution in [3.63, 3.8) is 0 Å². The maximum Gasteiger partial charge on any atom is 0.419 e. The van der Waals surface area contributed by atoms with Gasteiger partial charge < -0.3 is 9.73 Å². The van der Waals surface area contributed by atoms with Crippen LogP contribution in [0.5, 0.6) is 0 Å². The summed E-state index contributed by atoms with van der Waals surface area (Å²) in [5.41, 5.74) is 2.04. The summed E-state index contributed by atoms with van der Waals surface area (Å²) in [5, 5.41) is 11.8. The molecule has 1 heterocycles. The van der Waals surface area contributed by atoms with Crippen LogP contribution in [0.15, 0.2) is 27.4 Å². The molecule has 1 unspecified atom stereocenters. The summed E-state index contributed by atoms with van der Waals surface area (Å²) < 4.78 is 6.42. The molecule has 1 atom stereocenters. The van der Waals surface area contributed by atoms with Crippen LogP contribution in [0.2, 0.25) is 0 Å². The topological polar surface area (TPSA) is 71.0 Å². The van der Waals surface area contributed by atoms with Gasteiger partial charge in [-0.1, -0.05) is 6.07 Å². The molecule has 82 valence electrons. The van der Waals surface area contributed by atoms with E-state index in [-0.39, 0.29) is 6.04 Å². The second-order valence-electron chi connectivity index (χ2n) is 3.50. The highest BCUT2D eigenvalue weighted by atomic mass is 16.4. The van der Waals surface area contributed by atoms with E-state index in [9.17, 15) is 4.79 Å². The van der Waals surface area contributed by atoms with Gasteiger partial charge in [-0.05, 0) is 24.7 Å².